The number of amides is 1. The van der Waals surface area contributed by atoms with Crippen LogP contribution >= 0.6 is 0 Å². The lowest BCUT2D eigenvalue weighted by Crippen LogP contribution is -2.31. The number of nitrogens with zero attached hydrogens (tertiary/aromatic N) is 1. The number of aryl methyl sites for hydroxylation is 2. The summed E-state index contributed by atoms with van der Waals surface area (Å²) < 4.78 is 58.9. The third kappa shape index (κ3) is 4.57. The molecule has 2 aromatic carbocycles. The second kappa shape index (κ2) is 8.58. The number of ether oxygens (including phenoxy) is 1. The molecule has 162 valence electrons. The molecule has 31 heavy (non-hydrogen) atoms. The average molecular weight is 435 g/mol. The van der Waals surface area contributed by atoms with Crippen LogP contribution in [0.25, 0.3) is 11.4 Å². The molecule has 0 saturated heterocycles. The van der Waals surface area contributed by atoms with Gasteiger partial charge in [-0.05, 0) is 32.9 Å². The van der Waals surface area contributed by atoms with E-state index in [1.807, 2.05) is 13.8 Å². The summed E-state index contributed by atoms with van der Waals surface area (Å²) in [6.45, 7) is 4.87. The smallest absolute Gasteiger partial charge is 0.338 e. The van der Waals surface area contributed by atoms with E-state index in [0.29, 0.717) is 5.82 Å². The minimum absolute atomic E-state index is 0.0127. The molecule has 0 radical (unpaired) electrons. The van der Waals surface area contributed by atoms with E-state index in [9.17, 15) is 27.2 Å². The van der Waals surface area contributed by atoms with Gasteiger partial charge in [-0.1, -0.05) is 12.1 Å². The molecule has 0 bridgehead atoms. The van der Waals surface area contributed by atoms with Crippen LogP contribution in [0.3, 0.4) is 0 Å². The summed E-state index contributed by atoms with van der Waals surface area (Å²) in [5, 5.41) is 1.70. The Morgan fingerprint density at radius 1 is 1.03 bits per heavy atom. The number of esters is 1. The number of benzene rings is 2. The number of hydrogen-bond acceptors (Lipinski definition) is 4. The Labute approximate surface area is 174 Å². The third-order valence-electron chi connectivity index (χ3n) is 4.54. The average Bonchev–Trinajstić information content (AvgIpc) is 3.08. The van der Waals surface area contributed by atoms with Crippen molar-refractivity contribution in [2.75, 3.05) is 5.32 Å². The van der Waals surface area contributed by atoms with Crippen molar-refractivity contribution in [2.45, 2.75) is 26.9 Å². The van der Waals surface area contributed by atoms with Gasteiger partial charge in [0.25, 0.3) is 5.91 Å². The Bertz CT molecular complexity index is 1110. The zero-order valence-electron chi connectivity index (χ0n) is 16.6. The molecule has 1 atom stereocenters. The van der Waals surface area contributed by atoms with Crippen LogP contribution in [-0.2, 0) is 9.53 Å². The first-order chi connectivity index (χ1) is 14.6. The normalized spacial score (nSPS) is 11.8. The van der Waals surface area contributed by atoms with Gasteiger partial charge >= 0.3 is 5.97 Å². The molecule has 1 amide bonds. The number of hydrogen-bond donors (Lipinski definition) is 2. The van der Waals surface area contributed by atoms with E-state index in [-0.39, 0.29) is 11.6 Å². The molecule has 1 unspecified atom stereocenters. The number of aromatic nitrogens is 2. The van der Waals surface area contributed by atoms with Gasteiger partial charge in [-0.2, -0.15) is 0 Å². The molecular formula is C21H17F4N3O3. The zero-order chi connectivity index (χ0) is 22.9. The summed E-state index contributed by atoms with van der Waals surface area (Å²) in [5.41, 5.74) is 1.27. The first kappa shape index (κ1) is 22.0. The first-order valence-electron chi connectivity index (χ1n) is 9.07. The lowest BCUT2D eigenvalue weighted by Gasteiger charge is -2.15. The first-order valence-corrected chi connectivity index (χ1v) is 9.07. The van der Waals surface area contributed by atoms with Crippen LogP contribution in [0.1, 0.15) is 28.7 Å². The van der Waals surface area contributed by atoms with Crippen molar-refractivity contribution in [3.8, 4) is 11.4 Å². The standard InChI is InChI=1S/C21H17F4N3O3/c1-9-10(2)27-19(26-9)12-4-6-13(7-5-12)21(30)31-11(3)20(29)28-18-16(24)14(22)8-15(23)17(18)25/h4-8,11H,1-3H3,(H,26,27)(H,28,29). The largest absolute Gasteiger partial charge is 0.449 e. The fourth-order valence-corrected chi connectivity index (χ4v) is 2.64. The van der Waals surface area contributed by atoms with Crippen LogP contribution in [0.15, 0.2) is 30.3 Å². The van der Waals surface area contributed by atoms with E-state index in [2.05, 4.69) is 9.97 Å². The Kier molecular flexibility index (Phi) is 6.09. The highest BCUT2D eigenvalue weighted by Gasteiger charge is 2.25. The molecule has 0 aliphatic carbocycles. The van der Waals surface area contributed by atoms with Crippen LogP contribution < -0.4 is 5.32 Å². The SMILES string of the molecule is Cc1nc(-c2ccc(C(=O)OC(C)C(=O)Nc3c(F)c(F)cc(F)c3F)cc2)[nH]c1C. The van der Waals surface area contributed by atoms with Crippen molar-refractivity contribution in [3.63, 3.8) is 0 Å². The fraction of sp³-hybridized carbons (Fsp3) is 0.190. The van der Waals surface area contributed by atoms with Crippen LogP contribution in [0.5, 0.6) is 0 Å². The zero-order valence-corrected chi connectivity index (χ0v) is 16.6. The van der Waals surface area contributed by atoms with Crippen molar-refractivity contribution >= 4 is 17.6 Å². The van der Waals surface area contributed by atoms with E-state index >= 15 is 0 Å². The van der Waals surface area contributed by atoms with Gasteiger partial charge in [0.05, 0.1) is 11.3 Å². The van der Waals surface area contributed by atoms with Crippen LogP contribution in [0, 0.1) is 37.1 Å². The summed E-state index contributed by atoms with van der Waals surface area (Å²) in [6, 6.07) is 6.17. The monoisotopic (exact) mass is 435 g/mol. The number of imidazole rings is 1. The minimum atomic E-state index is -1.77. The predicted molar refractivity (Wildman–Crippen MR) is 103 cm³/mol. The van der Waals surface area contributed by atoms with Crippen LogP contribution in [0.4, 0.5) is 23.2 Å². The maximum Gasteiger partial charge on any atom is 0.338 e. The molecule has 0 aliphatic heterocycles. The van der Waals surface area contributed by atoms with Gasteiger partial charge in [-0.25, -0.2) is 27.3 Å². The van der Waals surface area contributed by atoms with Crippen LogP contribution in [0.2, 0.25) is 0 Å². The van der Waals surface area contributed by atoms with Crippen molar-refractivity contribution < 1.29 is 31.9 Å². The van der Waals surface area contributed by atoms with Gasteiger partial charge in [-0.3, -0.25) is 4.79 Å². The molecule has 0 spiro atoms. The second-order valence-electron chi connectivity index (χ2n) is 6.75. The van der Waals surface area contributed by atoms with Gasteiger partial charge < -0.3 is 15.0 Å². The maximum absolute atomic E-state index is 13.7. The Morgan fingerprint density at radius 3 is 2.13 bits per heavy atom. The lowest BCUT2D eigenvalue weighted by molar-refractivity contribution is -0.123. The number of aromatic amines is 1. The molecular weight excluding hydrogens is 418 g/mol. The Balaban J connectivity index is 1.68. The minimum Gasteiger partial charge on any atom is -0.449 e. The van der Waals surface area contributed by atoms with Gasteiger partial charge in [0.2, 0.25) is 0 Å². The van der Waals surface area contributed by atoms with Crippen molar-refractivity contribution in [1.82, 2.24) is 9.97 Å². The van der Waals surface area contributed by atoms with Gasteiger partial charge in [0.15, 0.2) is 29.4 Å². The lowest BCUT2D eigenvalue weighted by atomic mass is 10.1. The summed E-state index contributed by atoms with van der Waals surface area (Å²) in [5.74, 6) is -8.34. The molecule has 3 aromatic rings. The van der Waals surface area contributed by atoms with Gasteiger partial charge in [-0.15, -0.1) is 0 Å². The molecule has 3 rings (SSSR count). The second-order valence-corrected chi connectivity index (χ2v) is 6.75. The molecule has 10 heteroatoms. The third-order valence-corrected chi connectivity index (χ3v) is 4.54. The molecule has 0 aliphatic rings. The van der Waals surface area contributed by atoms with E-state index < -0.39 is 46.9 Å². The molecule has 0 saturated carbocycles. The fourth-order valence-electron chi connectivity index (χ4n) is 2.64. The van der Waals surface area contributed by atoms with E-state index in [0.717, 1.165) is 23.9 Å². The number of anilines is 1. The van der Waals surface area contributed by atoms with Crippen LogP contribution in [-0.4, -0.2) is 27.9 Å². The highest BCUT2D eigenvalue weighted by molar-refractivity contribution is 5.97. The van der Waals surface area contributed by atoms with E-state index in [4.69, 9.17) is 4.74 Å². The number of carbonyl (C=O) groups excluding carboxylic acids is 2. The molecule has 6 nitrogen and oxygen atoms in total. The highest BCUT2D eigenvalue weighted by Crippen LogP contribution is 2.24. The predicted octanol–water partition coefficient (Wildman–Crippen LogP) is 4.43. The number of carbonyl (C=O) groups is 2. The van der Waals surface area contributed by atoms with Crippen molar-refractivity contribution in [1.29, 1.82) is 0 Å². The summed E-state index contributed by atoms with van der Waals surface area (Å²) in [7, 11) is 0. The summed E-state index contributed by atoms with van der Waals surface area (Å²) in [6.07, 6.45) is -1.51. The van der Waals surface area contributed by atoms with Gasteiger partial charge in [0.1, 0.15) is 11.5 Å². The molecule has 0 fully saturated rings. The number of rotatable bonds is 5. The Morgan fingerprint density at radius 2 is 1.61 bits per heavy atom. The van der Waals surface area contributed by atoms with Gasteiger partial charge in [0, 0.05) is 17.3 Å². The summed E-state index contributed by atoms with van der Waals surface area (Å²) in [4.78, 5) is 31.8. The summed E-state index contributed by atoms with van der Waals surface area (Å²) >= 11 is 0. The molecule has 1 heterocycles. The van der Waals surface area contributed by atoms with E-state index in [1.165, 1.54) is 12.1 Å². The quantitative estimate of drug-likeness (QED) is 0.353. The Hall–Kier alpha value is -3.69. The maximum atomic E-state index is 13.7. The topological polar surface area (TPSA) is 84.1 Å². The molecule has 1 aromatic heterocycles. The van der Waals surface area contributed by atoms with E-state index in [1.54, 1.807) is 17.4 Å². The number of halogens is 4. The van der Waals surface area contributed by atoms with Crippen molar-refractivity contribution in [3.05, 3.63) is 70.6 Å². The van der Waals surface area contributed by atoms with Crippen molar-refractivity contribution in [2.24, 2.45) is 0 Å². The number of nitrogens with one attached hydrogen (secondary N) is 2. The molecule has 2 N–H and O–H groups in total. The highest BCUT2D eigenvalue weighted by atomic mass is 19.2. The number of H-pyrrole nitrogens is 1.